The molecule has 0 saturated carbocycles. The fourth-order valence-electron chi connectivity index (χ4n) is 1.01. The van der Waals surface area contributed by atoms with E-state index in [0.29, 0.717) is 0 Å². The van der Waals surface area contributed by atoms with Crippen LogP contribution in [0.25, 0.3) is 10.4 Å². The molecule has 1 aliphatic heterocycles. The van der Waals surface area contributed by atoms with Crippen molar-refractivity contribution >= 4 is 10.1 Å². The fraction of sp³-hybridized carbons (Fsp3) is 1.00. The highest BCUT2D eigenvalue weighted by molar-refractivity contribution is 7.86. The molecule has 0 N–H and O–H groups in total. The average molecular weight is 207 g/mol. The van der Waals surface area contributed by atoms with Crippen LogP contribution in [-0.2, 0) is 19.0 Å². The Bertz CT molecular complexity index is 321. The van der Waals surface area contributed by atoms with Crippen LogP contribution in [0.2, 0.25) is 0 Å². The molecule has 2 unspecified atom stereocenters. The molecule has 0 spiro atoms. The van der Waals surface area contributed by atoms with Gasteiger partial charge < -0.3 is 4.74 Å². The molecule has 1 rings (SSSR count). The highest BCUT2D eigenvalue weighted by Gasteiger charge is 2.31. The van der Waals surface area contributed by atoms with Crippen LogP contribution in [0.4, 0.5) is 0 Å². The lowest BCUT2D eigenvalue weighted by Crippen LogP contribution is -2.27. The largest absolute Gasteiger partial charge is 0.378 e. The Morgan fingerprint density at radius 2 is 2.31 bits per heavy atom. The van der Waals surface area contributed by atoms with Crippen LogP contribution in [-0.4, -0.2) is 40.0 Å². The van der Waals surface area contributed by atoms with Crippen LogP contribution in [0.5, 0.6) is 0 Å². The molecule has 74 valence electrons. The van der Waals surface area contributed by atoms with E-state index in [-0.39, 0.29) is 13.2 Å². The first-order valence-corrected chi connectivity index (χ1v) is 5.35. The van der Waals surface area contributed by atoms with Gasteiger partial charge in [0.2, 0.25) is 0 Å². The van der Waals surface area contributed by atoms with E-state index in [1.165, 1.54) is 0 Å². The van der Waals surface area contributed by atoms with Gasteiger partial charge in [-0.2, -0.15) is 8.42 Å². The molecule has 0 aromatic carbocycles. The molecule has 1 saturated heterocycles. The van der Waals surface area contributed by atoms with Crippen LogP contribution in [0.15, 0.2) is 5.11 Å². The lowest BCUT2D eigenvalue weighted by molar-refractivity contribution is 0.145. The summed E-state index contributed by atoms with van der Waals surface area (Å²) in [5.41, 5.74) is 8.14. The molecule has 1 heterocycles. The number of ether oxygens (including phenoxy) is 1. The van der Waals surface area contributed by atoms with E-state index in [0.717, 1.165) is 6.26 Å². The van der Waals surface area contributed by atoms with Gasteiger partial charge in [0.1, 0.15) is 6.10 Å². The van der Waals surface area contributed by atoms with Crippen LogP contribution < -0.4 is 0 Å². The maximum Gasteiger partial charge on any atom is 0.264 e. The smallest absolute Gasteiger partial charge is 0.264 e. The Labute approximate surface area is 75.4 Å². The molecule has 0 radical (unpaired) electrons. The van der Waals surface area contributed by atoms with Gasteiger partial charge in [-0.1, -0.05) is 5.11 Å². The third kappa shape index (κ3) is 3.19. The molecule has 1 fully saturated rings. The maximum absolute atomic E-state index is 10.7. The molecular weight excluding hydrogens is 198 g/mol. The van der Waals surface area contributed by atoms with Crippen LogP contribution in [0.1, 0.15) is 0 Å². The Kier molecular flexibility index (Phi) is 3.10. The van der Waals surface area contributed by atoms with Crippen molar-refractivity contribution in [2.45, 2.75) is 12.1 Å². The zero-order chi connectivity index (χ0) is 9.90. The van der Waals surface area contributed by atoms with E-state index in [1.54, 1.807) is 0 Å². The van der Waals surface area contributed by atoms with Gasteiger partial charge in [0.25, 0.3) is 10.1 Å². The second-order valence-electron chi connectivity index (χ2n) is 2.65. The van der Waals surface area contributed by atoms with Gasteiger partial charge in [-0.3, -0.25) is 4.18 Å². The van der Waals surface area contributed by atoms with Crippen molar-refractivity contribution in [1.82, 2.24) is 0 Å². The zero-order valence-corrected chi connectivity index (χ0v) is 7.77. The highest BCUT2D eigenvalue weighted by atomic mass is 32.2. The van der Waals surface area contributed by atoms with Gasteiger partial charge in [0.05, 0.1) is 25.5 Å². The predicted octanol–water partition coefficient (Wildman–Crippen LogP) is 0.0403. The summed E-state index contributed by atoms with van der Waals surface area (Å²) in [6.07, 6.45) is 0.254. The average Bonchev–Trinajstić information content (AvgIpc) is 2.34. The molecule has 8 heteroatoms. The molecule has 0 aromatic heterocycles. The molecule has 2 atom stereocenters. The topological polar surface area (TPSA) is 101 Å². The molecular formula is C5H9N3O4S. The predicted molar refractivity (Wildman–Crippen MR) is 43.5 cm³/mol. The summed E-state index contributed by atoms with van der Waals surface area (Å²) in [6.45, 7) is 0.334. The number of hydrogen-bond donors (Lipinski definition) is 0. The lowest BCUT2D eigenvalue weighted by Gasteiger charge is -2.10. The van der Waals surface area contributed by atoms with Gasteiger partial charge in [-0.15, -0.1) is 0 Å². The second kappa shape index (κ2) is 3.93. The van der Waals surface area contributed by atoms with Crippen molar-refractivity contribution < 1.29 is 17.3 Å². The molecule has 7 nitrogen and oxygen atoms in total. The van der Waals surface area contributed by atoms with Crippen molar-refractivity contribution in [3.63, 3.8) is 0 Å². The number of rotatable bonds is 3. The van der Waals surface area contributed by atoms with Crippen molar-refractivity contribution in [1.29, 1.82) is 0 Å². The quantitative estimate of drug-likeness (QED) is 0.282. The van der Waals surface area contributed by atoms with Gasteiger partial charge in [-0.05, 0) is 5.53 Å². The second-order valence-corrected chi connectivity index (χ2v) is 4.25. The van der Waals surface area contributed by atoms with E-state index >= 15 is 0 Å². The minimum Gasteiger partial charge on any atom is -0.378 e. The Hall–Kier alpha value is -0.820. The Morgan fingerprint density at radius 3 is 2.85 bits per heavy atom. The molecule has 13 heavy (non-hydrogen) atoms. The van der Waals surface area contributed by atoms with Gasteiger partial charge >= 0.3 is 0 Å². The van der Waals surface area contributed by atoms with Crippen LogP contribution >= 0.6 is 0 Å². The van der Waals surface area contributed by atoms with E-state index in [4.69, 9.17) is 10.3 Å². The first kappa shape index (κ1) is 10.3. The zero-order valence-electron chi connectivity index (χ0n) is 6.95. The summed E-state index contributed by atoms with van der Waals surface area (Å²) in [4.78, 5) is 2.57. The minimum absolute atomic E-state index is 0.136. The van der Waals surface area contributed by atoms with E-state index < -0.39 is 22.3 Å². The summed E-state index contributed by atoms with van der Waals surface area (Å²) in [5.74, 6) is 0. The van der Waals surface area contributed by atoms with E-state index in [9.17, 15) is 8.42 Å². The minimum atomic E-state index is -3.52. The summed E-state index contributed by atoms with van der Waals surface area (Å²) in [6, 6.07) is -0.556. The van der Waals surface area contributed by atoms with Gasteiger partial charge in [-0.25, -0.2) is 0 Å². The molecule has 0 bridgehead atoms. The summed E-state index contributed by atoms with van der Waals surface area (Å²) in [5, 5.41) is 3.36. The van der Waals surface area contributed by atoms with Crippen molar-refractivity contribution in [2.75, 3.05) is 19.5 Å². The molecule has 0 aromatic rings. The van der Waals surface area contributed by atoms with Gasteiger partial charge in [0, 0.05) is 4.91 Å². The molecule has 0 amide bonds. The lowest BCUT2D eigenvalue weighted by atomic mass is 10.2. The first-order chi connectivity index (χ1) is 6.03. The Morgan fingerprint density at radius 1 is 1.62 bits per heavy atom. The molecule has 0 aliphatic carbocycles. The van der Waals surface area contributed by atoms with Crippen molar-refractivity contribution in [3.05, 3.63) is 10.4 Å². The number of azide groups is 1. The van der Waals surface area contributed by atoms with Crippen molar-refractivity contribution in [2.24, 2.45) is 5.11 Å². The number of hydrogen-bond acceptors (Lipinski definition) is 5. The Balaban J connectivity index is 2.64. The van der Waals surface area contributed by atoms with Gasteiger partial charge in [0.15, 0.2) is 0 Å². The molecule has 1 aliphatic rings. The first-order valence-electron chi connectivity index (χ1n) is 3.53. The van der Waals surface area contributed by atoms with E-state index in [2.05, 4.69) is 14.2 Å². The maximum atomic E-state index is 10.7. The number of nitrogens with zero attached hydrogens (tertiary/aromatic N) is 3. The fourth-order valence-corrected chi connectivity index (χ4v) is 1.65. The van der Waals surface area contributed by atoms with Crippen LogP contribution in [0.3, 0.4) is 0 Å². The normalized spacial score (nSPS) is 28.4. The third-order valence-corrected chi connectivity index (χ3v) is 2.10. The van der Waals surface area contributed by atoms with E-state index in [1.807, 2.05) is 0 Å². The van der Waals surface area contributed by atoms with Crippen molar-refractivity contribution in [3.8, 4) is 0 Å². The summed E-state index contributed by atoms with van der Waals surface area (Å²) >= 11 is 0. The standard InChI is InChI=1S/C5H9N3O4S/c1-13(9,10)12-5-3-11-2-4(5)7-8-6/h4-5H,2-3H2,1H3. The van der Waals surface area contributed by atoms with Crippen LogP contribution in [0, 0.1) is 0 Å². The monoisotopic (exact) mass is 207 g/mol. The summed E-state index contributed by atoms with van der Waals surface area (Å²) < 4.78 is 31.0. The highest BCUT2D eigenvalue weighted by Crippen LogP contribution is 2.15. The third-order valence-electron chi connectivity index (χ3n) is 1.50. The summed E-state index contributed by atoms with van der Waals surface area (Å²) in [7, 11) is -3.52. The SMILES string of the molecule is CS(=O)(=O)OC1COCC1N=[N+]=[N-].